The Bertz CT molecular complexity index is 1050. The van der Waals surface area contributed by atoms with Gasteiger partial charge in [0.1, 0.15) is 0 Å². The minimum Gasteiger partial charge on any atom is -0.374 e. The molecule has 4 rings (SSSR count). The zero-order chi connectivity index (χ0) is 21.1. The Morgan fingerprint density at radius 3 is 2.93 bits per heavy atom. The Morgan fingerprint density at radius 2 is 2.13 bits per heavy atom. The lowest BCUT2D eigenvalue weighted by molar-refractivity contribution is 0.663. The average Bonchev–Trinajstić information content (AvgIpc) is 3.10. The first kappa shape index (κ1) is 21.0. The molecule has 0 amide bonds. The first-order chi connectivity index (χ1) is 14.6. The molecule has 158 valence electrons. The lowest BCUT2D eigenvalue weighted by Crippen LogP contribution is -2.24. The second-order valence-corrected chi connectivity index (χ2v) is 9.81. The summed E-state index contributed by atoms with van der Waals surface area (Å²) in [6.07, 6.45) is 12.5. The maximum Gasteiger partial charge on any atom is 0.150 e. The van der Waals surface area contributed by atoms with Gasteiger partial charge in [-0.1, -0.05) is 39.3 Å². The van der Waals surface area contributed by atoms with Gasteiger partial charge in [-0.15, -0.1) is 0 Å². The van der Waals surface area contributed by atoms with E-state index in [0.717, 1.165) is 31.5 Å². The minimum absolute atomic E-state index is 0.671. The van der Waals surface area contributed by atoms with Gasteiger partial charge in [0.15, 0.2) is 5.65 Å². The van der Waals surface area contributed by atoms with Crippen molar-refractivity contribution in [2.45, 2.75) is 57.8 Å². The van der Waals surface area contributed by atoms with Gasteiger partial charge >= 0.3 is 0 Å². The highest BCUT2D eigenvalue weighted by Crippen LogP contribution is 2.36. The van der Waals surface area contributed by atoms with Crippen molar-refractivity contribution in [1.82, 2.24) is 8.96 Å². The Kier molecular flexibility index (Phi) is 6.52. The van der Waals surface area contributed by atoms with Gasteiger partial charge in [0.05, 0.1) is 0 Å². The molecule has 0 atom stereocenters. The van der Waals surface area contributed by atoms with Crippen molar-refractivity contribution in [1.29, 1.82) is 0 Å². The molecular formula is C26H33N3S. The molecule has 1 aliphatic heterocycles. The number of benzene rings is 1. The standard InChI is InChI=1S/C26H33N3S/c1-5-8-20(12-11-19(2)3)24-18-29(26-23(24)10-6-15-27-26)30-22-14-13-21-9-7-16-28(4)25(21)17-22/h6,10,12-15,17-19H,5,7-9,11,16H2,1-4H3/b20-12+. The van der Waals surface area contributed by atoms with E-state index in [1.54, 1.807) is 11.9 Å². The highest BCUT2D eigenvalue weighted by atomic mass is 32.2. The fourth-order valence-corrected chi connectivity index (χ4v) is 5.17. The molecule has 30 heavy (non-hydrogen) atoms. The fourth-order valence-electron chi connectivity index (χ4n) is 4.26. The number of allylic oxidation sites excluding steroid dienone is 2. The smallest absolute Gasteiger partial charge is 0.150 e. The number of pyridine rings is 1. The summed E-state index contributed by atoms with van der Waals surface area (Å²) in [6, 6.07) is 11.2. The summed E-state index contributed by atoms with van der Waals surface area (Å²) < 4.78 is 2.26. The average molecular weight is 420 g/mol. The van der Waals surface area contributed by atoms with E-state index in [-0.39, 0.29) is 0 Å². The number of nitrogens with zero attached hydrogens (tertiary/aromatic N) is 3. The Balaban J connectivity index is 1.72. The van der Waals surface area contributed by atoms with Crippen molar-refractivity contribution >= 4 is 34.2 Å². The van der Waals surface area contributed by atoms with Crippen LogP contribution in [-0.2, 0) is 6.42 Å². The van der Waals surface area contributed by atoms with Gasteiger partial charge in [-0.2, -0.15) is 0 Å². The number of fused-ring (bicyclic) bond motifs is 2. The second kappa shape index (κ2) is 9.30. The number of hydrogen-bond donors (Lipinski definition) is 0. The maximum atomic E-state index is 4.74. The van der Waals surface area contributed by atoms with Crippen molar-refractivity contribution in [3.05, 3.63) is 59.9 Å². The van der Waals surface area contributed by atoms with Crippen LogP contribution in [0.2, 0.25) is 0 Å². The third-order valence-electron chi connectivity index (χ3n) is 5.84. The van der Waals surface area contributed by atoms with Gasteiger partial charge in [-0.25, -0.2) is 4.98 Å². The van der Waals surface area contributed by atoms with E-state index in [4.69, 9.17) is 4.98 Å². The normalized spacial score (nSPS) is 14.6. The van der Waals surface area contributed by atoms with Gasteiger partial charge in [0, 0.05) is 47.5 Å². The third-order valence-corrected chi connectivity index (χ3v) is 6.78. The van der Waals surface area contributed by atoms with Crippen LogP contribution in [0.25, 0.3) is 16.6 Å². The Morgan fingerprint density at radius 1 is 1.27 bits per heavy atom. The Labute approximate surface area is 185 Å². The van der Waals surface area contributed by atoms with Crippen molar-refractivity contribution in [3.63, 3.8) is 0 Å². The van der Waals surface area contributed by atoms with Gasteiger partial charge in [0.2, 0.25) is 0 Å². The molecule has 4 heteroatoms. The number of anilines is 1. The first-order valence-electron chi connectivity index (χ1n) is 11.2. The number of aromatic nitrogens is 2. The monoisotopic (exact) mass is 419 g/mol. The van der Waals surface area contributed by atoms with Crippen molar-refractivity contribution in [3.8, 4) is 0 Å². The summed E-state index contributed by atoms with van der Waals surface area (Å²) in [5.41, 5.74) is 6.68. The molecule has 0 saturated carbocycles. The minimum atomic E-state index is 0.671. The molecule has 0 fully saturated rings. The summed E-state index contributed by atoms with van der Waals surface area (Å²) in [4.78, 5) is 8.39. The van der Waals surface area contributed by atoms with E-state index in [0.29, 0.717) is 5.92 Å². The molecule has 1 aliphatic rings. The zero-order valence-corrected chi connectivity index (χ0v) is 19.5. The molecule has 3 nitrogen and oxygen atoms in total. The predicted molar refractivity (Wildman–Crippen MR) is 131 cm³/mol. The number of aryl methyl sites for hydroxylation is 1. The topological polar surface area (TPSA) is 21.1 Å². The van der Waals surface area contributed by atoms with Crippen LogP contribution >= 0.6 is 11.9 Å². The summed E-state index contributed by atoms with van der Waals surface area (Å²) in [7, 11) is 2.20. The van der Waals surface area contributed by atoms with E-state index in [2.05, 4.69) is 79.3 Å². The molecule has 3 heterocycles. The predicted octanol–water partition coefficient (Wildman–Crippen LogP) is 7.20. The van der Waals surface area contributed by atoms with E-state index in [9.17, 15) is 0 Å². The number of hydrogen-bond acceptors (Lipinski definition) is 3. The molecular weight excluding hydrogens is 386 g/mol. The maximum absolute atomic E-state index is 4.74. The summed E-state index contributed by atoms with van der Waals surface area (Å²) in [5, 5.41) is 1.25. The summed E-state index contributed by atoms with van der Waals surface area (Å²) in [6.45, 7) is 7.97. The van der Waals surface area contributed by atoms with Crippen LogP contribution in [0.5, 0.6) is 0 Å². The molecule has 3 aromatic rings. The van der Waals surface area contributed by atoms with Gasteiger partial charge < -0.3 is 4.90 Å². The molecule has 0 radical (unpaired) electrons. The molecule has 0 bridgehead atoms. The van der Waals surface area contributed by atoms with Crippen molar-refractivity contribution in [2.75, 3.05) is 18.5 Å². The Hall–Kier alpha value is -2.20. The van der Waals surface area contributed by atoms with Crippen LogP contribution in [0.4, 0.5) is 5.69 Å². The fraction of sp³-hybridized carbons (Fsp3) is 0.423. The largest absolute Gasteiger partial charge is 0.374 e. The van der Waals surface area contributed by atoms with Crippen LogP contribution in [0.3, 0.4) is 0 Å². The first-order valence-corrected chi connectivity index (χ1v) is 12.0. The molecule has 2 aromatic heterocycles. The SMILES string of the molecule is CCC/C(=C\CC(C)C)c1cn(Sc2ccc3c(c2)N(C)CCC3)c2ncccc12. The van der Waals surface area contributed by atoms with Crippen LogP contribution in [0.15, 0.2) is 53.7 Å². The molecule has 0 saturated heterocycles. The lowest BCUT2D eigenvalue weighted by Gasteiger charge is -2.27. The van der Waals surface area contributed by atoms with Crippen LogP contribution in [0, 0.1) is 5.92 Å². The van der Waals surface area contributed by atoms with Crippen molar-refractivity contribution in [2.24, 2.45) is 5.92 Å². The number of rotatable bonds is 7. The lowest BCUT2D eigenvalue weighted by atomic mass is 9.98. The van der Waals surface area contributed by atoms with Crippen LogP contribution in [0.1, 0.15) is 57.6 Å². The summed E-state index contributed by atoms with van der Waals surface area (Å²) in [5.74, 6) is 0.671. The molecule has 0 unspecified atom stereocenters. The van der Waals surface area contributed by atoms with Crippen molar-refractivity contribution < 1.29 is 0 Å². The third kappa shape index (κ3) is 4.44. The second-order valence-electron chi connectivity index (χ2n) is 8.76. The van der Waals surface area contributed by atoms with Crippen LogP contribution < -0.4 is 4.90 Å². The zero-order valence-electron chi connectivity index (χ0n) is 18.7. The van der Waals surface area contributed by atoms with Gasteiger partial charge in [0.25, 0.3) is 0 Å². The highest BCUT2D eigenvalue weighted by molar-refractivity contribution is 7.98. The molecule has 1 aromatic carbocycles. The highest BCUT2D eigenvalue weighted by Gasteiger charge is 2.17. The molecule has 0 N–H and O–H groups in total. The van der Waals surface area contributed by atoms with E-state index in [1.165, 1.54) is 45.5 Å². The van der Waals surface area contributed by atoms with Crippen LogP contribution in [-0.4, -0.2) is 22.5 Å². The van der Waals surface area contributed by atoms with E-state index in [1.807, 2.05) is 6.20 Å². The summed E-state index contributed by atoms with van der Waals surface area (Å²) >= 11 is 1.77. The van der Waals surface area contributed by atoms with E-state index >= 15 is 0 Å². The quantitative estimate of drug-likeness (QED) is 0.404. The van der Waals surface area contributed by atoms with E-state index < -0.39 is 0 Å². The molecule has 0 aliphatic carbocycles. The van der Waals surface area contributed by atoms with Gasteiger partial charge in [-0.3, -0.25) is 3.97 Å². The van der Waals surface area contributed by atoms with Gasteiger partial charge in [-0.05, 0) is 79.0 Å². The molecule has 0 spiro atoms.